The van der Waals surface area contributed by atoms with Gasteiger partial charge in [0.2, 0.25) is 5.91 Å². The molecule has 2 unspecified atom stereocenters. The van der Waals surface area contributed by atoms with Gasteiger partial charge in [0, 0.05) is 12.5 Å². The van der Waals surface area contributed by atoms with E-state index in [1.54, 1.807) is 34.7 Å². The van der Waals surface area contributed by atoms with Crippen molar-refractivity contribution in [2.45, 2.75) is 33.7 Å². The summed E-state index contributed by atoms with van der Waals surface area (Å²) >= 11 is 0. The van der Waals surface area contributed by atoms with Crippen LogP contribution in [0.2, 0.25) is 0 Å². The summed E-state index contributed by atoms with van der Waals surface area (Å²) in [5, 5.41) is 14.5. The van der Waals surface area contributed by atoms with Gasteiger partial charge < -0.3 is 15.7 Å². The van der Waals surface area contributed by atoms with Crippen LogP contribution in [0.3, 0.4) is 0 Å². The van der Waals surface area contributed by atoms with E-state index < -0.39 is 17.4 Å². The van der Waals surface area contributed by atoms with Crippen LogP contribution in [-0.4, -0.2) is 36.6 Å². The topological polar surface area (TPSA) is 78.4 Å². The number of amides is 1. The van der Waals surface area contributed by atoms with Gasteiger partial charge in [0.25, 0.3) is 0 Å². The fraction of sp³-hybridized carbons (Fsp3) is 0.818. The molecule has 3 N–H and O–H groups in total. The molecule has 0 rings (SSSR count). The van der Waals surface area contributed by atoms with Crippen molar-refractivity contribution in [3.8, 4) is 0 Å². The summed E-state index contributed by atoms with van der Waals surface area (Å²) < 4.78 is 0. The molecule has 0 saturated carbocycles. The lowest BCUT2D eigenvalue weighted by Crippen LogP contribution is -2.51. The Bertz CT molecular complexity index is 258. The second-order valence-corrected chi connectivity index (χ2v) is 5.10. The first-order valence-corrected chi connectivity index (χ1v) is 5.38. The van der Waals surface area contributed by atoms with Gasteiger partial charge in [0.1, 0.15) is 6.04 Å². The third kappa shape index (κ3) is 4.61. The molecule has 0 radical (unpaired) electrons. The van der Waals surface area contributed by atoms with E-state index in [1.165, 1.54) is 0 Å². The van der Waals surface area contributed by atoms with Crippen molar-refractivity contribution in [2.75, 3.05) is 13.6 Å². The van der Waals surface area contributed by atoms with Gasteiger partial charge in [0.05, 0.1) is 0 Å². The minimum absolute atomic E-state index is 0.239. The fourth-order valence-electron chi connectivity index (χ4n) is 1.33. The van der Waals surface area contributed by atoms with Crippen molar-refractivity contribution < 1.29 is 14.7 Å². The zero-order chi connectivity index (χ0) is 12.9. The van der Waals surface area contributed by atoms with Gasteiger partial charge in [-0.25, -0.2) is 4.79 Å². The number of carbonyl (C=O) groups excluding carboxylic acids is 1. The van der Waals surface area contributed by atoms with Crippen molar-refractivity contribution in [1.29, 1.82) is 0 Å². The average molecular weight is 230 g/mol. The number of carboxylic acids is 1. The van der Waals surface area contributed by atoms with E-state index in [4.69, 9.17) is 5.11 Å². The number of rotatable bonds is 5. The maximum atomic E-state index is 11.7. The highest BCUT2D eigenvalue weighted by atomic mass is 16.4. The van der Waals surface area contributed by atoms with Crippen LogP contribution < -0.4 is 10.6 Å². The van der Waals surface area contributed by atoms with E-state index in [2.05, 4.69) is 10.6 Å². The first kappa shape index (κ1) is 14.9. The SMILES string of the molecule is CNCC(C)C(=O)NC(C(=O)O)C(C)(C)C. The Kier molecular flexibility index (Phi) is 5.44. The minimum atomic E-state index is -1.00. The van der Waals surface area contributed by atoms with Gasteiger partial charge >= 0.3 is 5.97 Å². The molecule has 0 aromatic rings. The van der Waals surface area contributed by atoms with Crippen LogP contribution in [0.4, 0.5) is 0 Å². The molecule has 0 aromatic carbocycles. The Labute approximate surface area is 96.6 Å². The average Bonchev–Trinajstić information content (AvgIpc) is 2.11. The molecule has 5 heteroatoms. The molecule has 0 saturated heterocycles. The van der Waals surface area contributed by atoms with Crippen molar-refractivity contribution in [1.82, 2.24) is 10.6 Å². The highest BCUT2D eigenvalue weighted by Crippen LogP contribution is 2.19. The van der Waals surface area contributed by atoms with Gasteiger partial charge in [-0.1, -0.05) is 27.7 Å². The van der Waals surface area contributed by atoms with Crippen LogP contribution in [-0.2, 0) is 9.59 Å². The summed E-state index contributed by atoms with van der Waals surface area (Å²) in [5.41, 5.74) is -0.499. The van der Waals surface area contributed by atoms with Crippen molar-refractivity contribution in [3.05, 3.63) is 0 Å². The molecule has 0 bridgehead atoms. The van der Waals surface area contributed by atoms with E-state index in [9.17, 15) is 9.59 Å². The molecule has 94 valence electrons. The smallest absolute Gasteiger partial charge is 0.326 e. The monoisotopic (exact) mass is 230 g/mol. The highest BCUT2D eigenvalue weighted by molar-refractivity contribution is 5.85. The third-order valence-corrected chi connectivity index (χ3v) is 2.36. The molecule has 0 aliphatic rings. The first-order chi connectivity index (χ1) is 7.20. The molecule has 0 aliphatic carbocycles. The predicted octanol–water partition coefficient (Wildman–Crippen LogP) is 0.457. The van der Waals surface area contributed by atoms with Crippen LogP contribution in [0.15, 0.2) is 0 Å². The van der Waals surface area contributed by atoms with E-state index in [-0.39, 0.29) is 11.8 Å². The molecular weight excluding hydrogens is 208 g/mol. The zero-order valence-electron chi connectivity index (χ0n) is 10.6. The molecule has 0 heterocycles. The Morgan fingerprint density at radius 3 is 2.12 bits per heavy atom. The molecule has 16 heavy (non-hydrogen) atoms. The van der Waals surface area contributed by atoms with Crippen LogP contribution in [0.25, 0.3) is 0 Å². The normalized spacial score (nSPS) is 15.3. The predicted molar refractivity (Wildman–Crippen MR) is 62.1 cm³/mol. The number of hydrogen-bond donors (Lipinski definition) is 3. The lowest BCUT2D eigenvalue weighted by atomic mass is 9.86. The third-order valence-electron chi connectivity index (χ3n) is 2.36. The molecular formula is C11H22N2O3. The minimum Gasteiger partial charge on any atom is -0.480 e. The second kappa shape index (κ2) is 5.84. The summed E-state index contributed by atoms with van der Waals surface area (Å²) in [6.07, 6.45) is 0. The molecule has 0 aliphatic heterocycles. The fourth-order valence-corrected chi connectivity index (χ4v) is 1.33. The number of hydrogen-bond acceptors (Lipinski definition) is 3. The van der Waals surface area contributed by atoms with Gasteiger partial charge in [-0.2, -0.15) is 0 Å². The quantitative estimate of drug-likeness (QED) is 0.641. The first-order valence-electron chi connectivity index (χ1n) is 5.38. The van der Waals surface area contributed by atoms with E-state index >= 15 is 0 Å². The number of carboxylic acid groups (broad SMARTS) is 1. The van der Waals surface area contributed by atoms with Crippen LogP contribution in [0.1, 0.15) is 27.7 Å². The summed E-state index contributed by atoms with van der Waals surface area (Å²) in [7, 11) is 1.75. The second-order valence-electron chi connectivity index (χ2n) is 5.10. The maximum absolute atomic E-state index is 11.7. The lowest BCUT2D eigenvalue weighted by molar-refractivity contribution is -0.145. The van der Waals surface area contributed by atoms with Crippen LogP contribution in [0.5, 0.6) is 0 Å². The molecule has 5 nitrogen and oxygen atoms in total. The van der Waals surface area contributed by atoms with Crippen molar-refractivity contribution in [2.24, 2.45) is 11.3 Å². The maximum Gasteiger partial charge on any atom is 0.326 e. The lowest BCUT2D eigenvalue weighted by Gasteiger charge is -2.28. The van der Waals surface area contributed by atoms with Gasteiger partial charge in [-0.05, 0) is 12.5 Å². The van der Waals surface area contributed by atoms with Crippen LogP contribution in [0, 0.1) is 11.3 Å². The Hall–Kier alpha value is -1.10. The molecule has 0 spiro atoms. The van der Waals surface area contributed by atoms with Crippen LogP contribution >= 0.6 is 0 Å². The van der Waals surface area contributed by atoms with Gasteiger partial charge in [0.15, 0.2) is 0 Å². The molecule has 0 aromatic heterocycles. The molecule has 2 atom stereocenters. The summed E-state index contributed by atoms with van der Waals surface area (Å²) in [6, 6.07) is -0.862. The Balaban J connectivity index is 4.54. The largest absolute Gasteiger partial charge is 0.480 e. The van der Waals surface area contributed by atoms with Gasteiger partial charge in [-0.3, -0.25) is 4.79 Å². The summed E-state index contributed by atoms with van der Waals surface area (Å²) in [4.78, 5) is 22.7. The highest BCUT2D eigenvalue weighted by Gasteiger charge is 2.33. The molecule has 0 fully saturated rings. The van der Waals surface area contributed by atoms with E-state index in [1.807, 2.05) is 0 Å². The van der Waals surface area contributed by atoms with Crippen molar-refractivity contribution >= 4 is 11.9 Å². The van der Waals surface area contributed by atoms with E-state index in [0.717, 1.165) is 0 Å². The van der Waals surface area contributed by atoms with Gasteiger partial charge in [-0.15, -0.1) is 0 Å². The molecule has 1 amide bonds. The number of aliphatic carboxylic acids is 1. The van der Waals surface area contributed by atoms with E-state index in [0.29, 0.717) is 6.54 Å². The Morgan fingerprint density at radius 2 is 1.81 bits per heavy atom. The number of nitrogens with one attached hydrogen (secondary N) is 2. The summed E-state index contributed by atoms with van der Waals surface area (Å²) in [6.45, 7) is 7.65. The standard InChI is InChI=1S/C11H22N2O3/c1-7(6-12-5)9(14)13-8(10(15)16)11(2,3)4/h7-8,12H,6H2,1-5H3,(H,13,14)(H,15,16). The van der Waals surface area contributed by atoms with Crippen molar-refractivity contribution in [3.63, 3.8) is 0 Å². The zero-order valence-corrected chi connectivity index (χ0v) is 10.6. The Morgan fingerprint density at radius 1 is 1.31 bits per heavy atom. The number of carbonyl (C=O) groups is 2. The summed E-state index contributed by atoms with van der Waals surface area (Å²) in [5.74, 6) is -1.48.